The average Bonchev–Trinajstić information content (AvgIpc) is 3.27. The summed E-state index contributed by atoms with van der Waals surface area (Å²) in [5.74, 6) is 0.0366. The van der Waals surface area contributed by atoms with Crippen molar-refractivity contribution in [1.29, 1.82) is 0 Å². The molecule has 2 heterocycles. The van der Waals surface area contributed by atoms with Crippen molar-refractivity contribution in [2.75, 3.05) is 44.2 Å². The minimum Gasteiger partial charge on any atom is -0.368 e. The number of amides is 2. The normalized spacial score (nSPS) is 16.3. The Balaban J connectivity index is 1.73. The molecule has 1 unspecified atom stereocenters. The van der Waals surface area contributed by atoms with Gasteiger partial charge in [0.1, 0.15) is 6.10 Å². The van der Waals surface area contributed by atoms with Crippen LogP contribution in [0.5, 0.6) is 0 Å². The number of benzene rings is 1. The molecule has 2 aromatic rings. The Morgan fingerprint density at radius 3 is 2.76 bits per heavy atom. The van der Waals surface area contributed by atoms with E-state index in [2.05, 4.69) is 22.0 Å². The van der Waals surface area contributed by atoms with Crippen LogP contribution in [0.1, 0.15) is 19.8 Å². The summed E-state index contributed by atoms with van der Waals surface area (Å²) in [6.07, 6.45) is 2.00. The Kier molecular flexibility index (Phi) is 9.11. The Morgan fingerprint density at radius 2 is 2.03 bits per heavy atom. The van der Waals surface area contributed by atoms with Gasteiger partial charge in [0.25, 0.3) is 5.91 Å². The number of hydrogen-bond donors (Lipinski definition) is 1. The van der Waals surface area contributed by atoms with Gasteiger partial charge in [0, 0.05) is 54.8 Å². The predicted molar refractivity (Wildman–Crippen MR) is 126 cm³/mol. The summed E-state index contributed by atoms with van der Waals surface area (Å²) in [6, 6.07) is 5.28. The lowest BCUT2D eigenvalue weighted by Crippen LogP contribution is -2.47. The molecule has 1 atom stereocenters. The van der Waals surface area contributed by atoms with E-state index in [0.717, 1.165) is 0 Å². The van der Waals surface area contributed by atoms with E-state index in [1.807, 2.05) is 4.90 Å². The smallest absolute Gasteiger partial charge is 0.324 e. The summed E-state index contributed by atoms with van der Waals surface area (Å²) in [4.78, 5) is 33.0. The summed E-state index contributed by atoms with van der Waals surface area (Å²) in [7, 11) is 0. The quantitative estimate of drug-likeness (QED) is 0.464. The molecule has 1 aliphatic heterocycles. The first kappa shape index (κ1) is 25.0. The maximum Gasteiger partial charge on any atom is 0.324 e. The minimum atomic E-state index is -0.619. The maximum absolute atomic E-state index is 12.9. The molecule has 9 nitrogen and oxygen atoms in total. The Morgan fingerprint density at radius 1 is 1.27 bits per heavy atom. The second kappa shape index (κ2) is 12.0. The van der Waals surface area contributed by atoms with E-state index >= 15 is 0 Å². The van der Waals surface area contributed by atoms with E-state index in [-0.39, 0.29) is 24.2 Å². The fraction of sp³-hybridized carbons (Fsp3) is 0.455. The maximum atomic E-state index is 12.9. The van der Waals surface area contributed by atoms with E-state index in [1.165, 1.54) is 0 Å². The number of rotatable bonds is 7. The second-order valence-corrected chi connectivity index (χ2v) is 8.43. The molecule has 1 saturated heterocycles. The monoisotopic (exact) mass is 495 g/mol. The van der Waals surface area contributed by atoms with E-state index in [4.69, 9.17) is 32.5 Å². The van der Waals surface area contributed by atoms with Crippen LogP contribution in [0.25, 0.3) is 11.4 Å². The zero-order valence-corrected chi connectivity index (χ0v) is 19.9. The molecule has 1 fully saturated rings. The summed E-state index contributed by atoms with van der Waals surface area (Å²) in [6.45, 7) is 7.74. The van der Waals surface area contributed by atoms with E-state index in [0.29, 0.717) is 67.2 Å². The molecule has 0 spiro atoms. The number of carbonyl (C=O) groups excluding carboxylic acids is 2. The molecule has 0 saturated carbocycles. The van der Waals surface area contributed by atoms with Crippen molar-refractivity contribution in [3.05, 3.63) is 40.9 Å². The number of ether oxygens (including phenoxy) is 1. The minimum absolute atomic E-state index is 0.130. The fourth-order valence-corrected chi connectivity index (χ4v) is 3.86. The van der Waals surface area contributed by atoms with Gasteiger partial charge in [0.05, 0.1) is 6.61 Å². The lowest BCUT2D eigenvalue weighted by molar-refractivity contribution is -0.142. The number of aromatic nitrogens is 2. The van der Waals surface area contributed by atoms with Gasteiger partial charge in [-0.2, -0.15) is 4.98 Å². The molecular formula is C22H27Cl2N5O4. The summed E-state index contributed by atoms with van der Waals surface area (Å²) in [5, 5.41) is 7.81. The highest BCUT2D eigenvalue weighted by atomic mass is 35.5. The van der Waals surface area contributed by atoms with Crippen LogP contribution in [-0.4, -0.2) is 72.3 Å². The summed E-state index contributed by atoms with van der Waals surface area (Å²) < 4.78 is 11.1. The summed E-state index contributed by atoms with van der Waals surface area (Å²) >= 11 is 12.2. The summed E-state index contributed by atoms with van der Waals surface area (Å²) in [5.41, 5.74) is 0.624. The Labute approximate surface area is 202 Å². The molecule has 0 radical (unpaired) electrons. The first-order valence-electron chi connectivity index (χ1n) is 10.7. The molecule has 11 heteroatoms. The van der Waals surface area contributed by atoms with Crippen molar-refractivity contribution in [2.24, 2.45) is 0 Å². The molecule has 3 rings (SSSR count). The zero-order chi connectivity index (χ0) is 23.8. The molecular weight excluding hydrogens is 469 g/mol. The van der Waals surface area contributed by atoms with Crippen molar-refractivity contribution in [1.82, 2.24) is 20.4 Å². The molecule has 0 bridgehead atoms. The molecule has 178 valence electrons. The zero-order valence-electron chi connectivity index (χ0n) is 18.4. The largest absolute Gasteiger partial charge is 0.368 e. The van der Waals surface area contributed by atoms with Crippen molar-refractivity contribution < 1.29 is 18.8 Å². The van der Waals surface area contributed by atoms with Crippen LogP contribution in [0.3, 0.4) is 0 Å². The highest BCUT2D eigenvalue weighted by Crippen LogP contribution is 2.26. The number of anilines is 1. The van der Waals surface area contributed by atoms with E-state index < -0.39 is 6.10 Å². The van der Waals surface area contributed by atoms with Gasteiger partial charge < -0.3 is 24.4 Å². The molecule has 33 heavy (non-hydrogen) atoms. The van der Waals surface area contributed by atoms with Gasteiger partial charge in [-0.05, 0) is 31.5 Å². The first-order valence-corrected chi connectivity index (χ1v) is 11.5. The standard InChI is InChI=1S/C22H27Cl2N5O4/c1-3-4-11-32-15(2)21(31)28-7-5-19(30)25-6-8-29(10-9-28)22-26-20(27-33-22)16-12-17(23)14-18(24)13-16/h3,12-15H,1,4-11H2,2H3,(H,25,30). The molecule has 2 amide bonds. The third-order valence-electron chi connectivity index (χ3n) is 5.11. The number of nitrogens with zero attached hydrogens (tertiary/aromatic N) is 4. The number of hydrogen-bond acceptors (Lipinski definition) is 7. The number of nitrogens with one attached hydrogen (secondary N) is 1. The van der Waals surface area contributed by atoms with Gasteiger partial charge >= 0.3 is 6.01 Å². The highest BCUT2D eigenvalue weighted by molar-refractivity contribution is 6.35. The van der Waals surface area contributed by atoms with Crippen LogP contribution < -0.4 is 10.2 Å². The SMILES string of the molecule is C=CCCOC(C)C(=O)N1CCC(=O)NCCN(c2nc(-c3cc(Cl)cc(Cl)c3)no2)CC1. The topological polar surface area (TPSA) is 101 Å². The fourth-order valence-electron chi connectivity index (χ4n) is 3.33. The molecule has 0 aliphatic carbocycles. The average molecular weight is 496 g/mol. The lowest BCUT2D eigenvalue weighted by Gasteiger charge is -2.30. The predicted octanol–water partition coefficient (Wildman–Crippen LogP) is 3.18. The van der Waals surface area contributed by atoms with Gasteiger partial charge in [-0.15, -0.1) is 6.58 Å². The van der Waals surface area contributed by atoms with Crippen LogP contribution in [0.15, 0.2) is 35.4 Å². The molecule has 1 aromatic carbocycles. The third-order valence-corrected chi connectivity index (χ3v) is 5.54. The van der Waals surface area contributed by atoms with Crippen LogP contribution in [0.2, 0.25) is 10.0 Å². The van der Waals surface area contributed by atoms with Gasteiger partial charge in [-0.25, -0.2) is 0 Å². The van der Waals surface area contributed by atoms with Gasteiger partial charge in [0.2, 0.25) is 11.7 Å². The van der Waals surface area contributed by atoms with Crippen LogP contribution in [-0.2, 0) is 14.3 Å². The van der Waals surface area contributed by atoms with Crippen molar-refractivity contribution in [2.45, 2.75) is 25.9 Å². The van der Waals surface area contributed by atoms with Gasteiger partial charge in [-0.3, -0.25) is 9.59 Å². The number of carbonyl (C=O) groups is 2. The molecule has 1 aromatic heterocycles. The van der Waals surface area contributed by atoms with Crippen molar-refractivity contribution >= 4 is 41.0 Å². The first-order chi connectivity index (χ1) is 15.9. The lowest BCUT2D eigenvalue weighted by atomic mass is 10.2. The van der Waals surface area contributed by atoms with Crippen LogP contribution in [0.4, 0.5) is 6.01 Å². The van der Waals surface area contributed by atoms with E-state index in [1.54, 1.807) is 36.1 Å². The second-order valence-electron chi connectivity index (χ2n) is 7.56. The van der Waals surface area contributed by atoms with Crippen molar-refractivity contribution in [3.8, 4) is 11.4 Å². The highest BCUT2D eigenvalue weighted by Gasteiger charge is 2.25. The van der Waals surface area contributed by atoms with Crippen molar-refractivity contribution in [3.63, 3.8) is 0 Å². The molecule has 1 aliphatic rings. The Bertz CT molecular complexity index is 963. The van der Waals surface area contributed by atoms with Gasteiger partial charge in [-0.1, -0.05) is 34.4 Å². The molecule has 1 N–H and O–H groups in total. The third kappa shape index (κ3) is 7.18. The van der Waals surface area contributed by atoms with Crippen LogP contribution >= 0.6 is 23.2 Å². The van der Waals surface area contributed by atoms with Gasteiger partial charge in [0.15, 0.2) is 0 Å². The Hall–Kier alpha value is -2.62. The number of halogens is 2. The van der Waals surface area contributed by atoms with E-state index in [9.17, 15) is 9.59 Å². The van der Waals surface area contributed by atoms with Crippen LogP contribution in [0, 0.1) is 0 Å².